The van der Waals surface area contributed by atoms with Gasteiger partial charge in [-0.2, -0.15) is 13.2 Å². The number of hydrogen-bond acceptors (Lipinski definition) is 2. The highest BCUT2D eigenvalue weighted by Gasteiger charge is 2.27. The van der Waals surface area contributed by atoms with Crippen molar-refractivity contribution in [2.24, 2.45) is 10.8 Å². The second-order valence-electron chi connectivity index (χ2n) is 2.59. The van der Waals surface area contributed by atoms with E-state index in [-0.39, 0.29) is 12.3 Å². The molecule has 0 aromatic carbocycles. The third kappa shape index (κ3) is 7.58. The standard InChI is InChI=1S/C7H14F3N3/c1-2-5-12-6(13-11)3-4-7(8,9)10/h2-5,11H2,1H3,(H,12,13). The number of amidine groups is 1. The van der Waals surface area contributed by atoms with Gasteiger partial charge in [0.15, 0.2) is 0 Å². The molecule has 3 nitrogen and oxygen atoms in total. The van der Waals surface area contributed by atoms with E-state index >= 15 is 0 Å². The van der Waals surface area contributed by atoms with E-state index in [9.17, 15) is 13.2 Å². The molecule has 13 heavy (non-hydrogen) atoms. The molecule has 78 valence electrons. The van der Waals surface area contributed by atoms with Crippen LogP contribution in [0.2, 0.25) is 0 Å². The zero-order chi connectivity index (χ0) is 10.3. The van der Waals surface area contributed by atoms with Crippen LogP contribution in [-0.2, 0) is 0 Å². The monoisotopic (exact) mass is 197 g/mol. The Kier molecular flexibility index (Phi) is 5.45. The first kappa shape index (κ1) is 12.2. The van der Waals surface area contributed by atoms with E-state index in [1.165, 1.54) is 0 Å². The van der Waals surface area contributed by atoms with E-state index in [0.717, 1.165) is 6.42 Å². The summed E-state index contributed by atoms with van der Waals surface area (Å²) in [5.74, 6) is 5.20. The first-order valence-electron chi connectivity index (χ1n) is 4.06. The number of hydrogen-bond donors (Lipinski definition) is 2. The highest BCUT2D eigenvalue weighted by atomic mass is 19.4. The van der Waals surface area contributed by atoms with Crippen molar-refractivity contribution in [2.45, 2.75) is 32.4 Å². The largest absolute Gasteiger partial charge is 0.389 e. The van der Waals surface area contributed by atoms with Crippen LogP contribution in [0.15, 0.2) is 4.99 Å². The van der Waals surface area contributed by atoms with Gasteiger partial charge in [0, 0.05) is 13.0 Å². The van der Waals surface area contributed by atoms with Crippen molar-refractivity contribution >= 4 is 5.84 Å². The van der Waals surface area contributed by atoms with E-state index < -0.39 is 12.6 Å². The lowest BCUT2D eigenvalue weighted by atomic mass is 10.3. The van der Waals surface area contributed by atoms with Gasteiger partial charge >= 0.3 is 6.18 Å². The van der Waals surface area contributed by atoms with Gasteiger partial charge in [-0.3, -0.25) is 4.99 Å². The molecule has 0 aliphatic carbocycles. The molecule has 0 spiro atoms. The summed E-state index contributed by atoms with van der Waals surface area (Å²) < 4.78 is 35.3. The van der Waals surface area contributed by atoms with Crippen molar-refractivity contribution in [1.82, 2.24) is 5.43 Å². The maximum absolute atomic E-state index is 11.8. The lowest BCUT2D eigenvalue weighted by Gasteiger charge is -2.07. The van der Waals surface area contributed by atoms with Gasteiger partial charge in [0.25, 0.3) is 0 Å². The fourth-order valence-corrected chi connectivity index (χ4v) is 0.704. The third-order valence-electron chi connectivity index (χ3n) is 1.34. The fourth-order valence-electron chi connectivity index (χ4n) is 0.704. The molecule has 0 amide bonds. The summed E-state index contributed by atoms with van der Waals surface area (Å²) >= 11 is 0. The number of alkyl halides is 3. The molecular formula is C7H14F3N3. The molecule has 0 heterocycles. The third-order valence-corrected chi connectivity index (χ3v) is 1.34. The van der Waals surface area contributed by atoms with Crippen LogP contribution in [0.5, 0.6) is 0 Å². The number of hydrazine groups is 1. The van der Waals surface area contributed by atoms with Crippen LogP contribution in [0, 0.1) is 0 Å². The minimum absolute atomic E-state index is 0.181. The van der Waals surface area contributed by atoms with Crippen LogP contribution in [0.25, 0.3) is 0 Å². The molecule has 0 bridgehead atoms. The second-order valence-corrected chi connectivity index (χ2v) is 2.59. The fraction of sp³-hybridized carbons (Fsp3) is 0.857. The van der Waals surface area contributed by atoms with Gasteiger partial charge in [-0.05, 0) is 6.42 Å². The first-order valence-corrected chi connectivity index (χ1v) is 4.06. The average molecular weight is 197 g/mol. The molecule has 0 rings (SSSR count). The van der Waals surface area contributed by atoms with Crippen molar-refractivity contribution in [2.75, 3.05) is 6.54 Å². The Labute approximate surface area is 75.2 Å². The summed E-state index contributed by atoms with van der Waals surface area (Å²) in [7, 11) is 0. The van der Waals surface area contributed by atoms with Crippen LogP contribution in [0.3, 0.4) is 0 Å². The Morgan fingerprint density at radius 2 is 2.08 bits per heavy atom. The number of aliphatic imine (C=N–C) groups is 1. The number of nitrogens with two attached hydrogens (primary N) is 1. The summed E-state index contributed by atoms with van der Waals surface area (Å²) in [6.45, 7) is 2.39. The summed E-state index contributed by atoms with van der Waals surface area (Å²) in [6, 6.07) is 0. The van der Waals surface area contributed by atoms with Crippen molar-refractivity contribution in [3.05, 3.63) is 0 Å². The van der Waals surface area contributed by atoms with E-state index in [1.54, 1.807) is 0 Å². The van der Waals surface area contributed by atoms with E-state index in [0.29, 0.717) is 6.54 Å². The van der Waals surface area contributed by atoms with Crippen LogP contribution in [0.4, 0.5) is 13.2 Å². The van der Waals surface area contributed by atoms with Crippen LogP contribution in [0.1, 0.15) is 26.2 Å². The smallest absolute Gasteiger partial charge is 0.312 e. The van der Waals surface area contributed by atoms with Gasteiger partial charge in [0.1, 0.15) is 5.84 Å². The molecular weight excluding hydrogens is 183 g/mol. The van der Waals surface area contributed by atoms with Gasteiger partial charge in [0.2, 0.25) is 0 Å². The summed E-state index contributed by atoms with van der Waals surface area (Å²) in [4.78, 5) is 3.84. The molecule has 3 N–H and O–H groups in total. The van der Waals surface area contributed by atoms with Crippen molar-refractivity contribution in [3.8, 4) is 0 Å². The maximum Gasteiger partial charge on any atom is 0.389 e. The minimum atomic E-state index is -4.15. The number of nitrogens with one attached hydrogen (secondary N) is 1. The Morgan fingerprint density at radius 1 is 1.46 bits per heavy atom. The summed E-state index contributed by atoms with van der Waals surface area (Å²) in [6.07, 6.45) is -4.43. The minimum Gasteiger partial charge on any atom is -0.312 e. The molecule has 0 aliphatic rings. The Bertz CT molecular complexity index is 165. The summed E-state index contributed by atoms with van der Waals surface area (Å²) in [5.41, 5.74) is 2.16. The SMILES string of the molecule is CCCN=C(CCC(F)(F)F)NN. The molecule has 0 saturated heterocycles. The second kappa shape index (κ2) is 5.80. The van der Waals surface area contributed by atoms with Crippen molar-refractivity contribution in [3.63, 3.8) is 0 Å². The Morgan fingerprint density at radius 3 is 2.46 bits per heavy atom. The highest BCUT2D eigenvalue weighted by molar-refractivity contribution is 5.81. The molecule has 0 radical (unpaired) electrons. The number of nitrogens with zero attached hydrogens (tertiary/aromatic N) is 1. The van der Waals surface area contributed by atoms with E-state index in [4.69, 9.17) is 5.84 Å². The van der Waals surface area contributed by atoms with E-state index in [1.807, 2.05) is 6.92 Å². The normalized spacial score (nSPS) is 13.2. The average Bonchev–Trinajstić information content (AvgIpc) is 2.03. The predicted octanol–water partition coefficient (Wildman–Crippen LogP) is 1.60. The van der Waals surface area contributed by atoms with Gasteiger partial charge in [-0.25, -0.2) is 5.84 Å². The zero-order valence-electron chi connectivity index (χ0n) is 7.49. The number of halogens is 3. The highest BCUT2D eigenvalue weighted by Crippen LogP contribution is 2.21. The van der Waals surface area contributed by atoms with Crippen LogP contribution < -0.4 is 11.3 Å². The van der Waals surface area contributed by atoms with Crippen LogP contribution in [-0.4, -0.2) is 18.6 Å². The molecule has 0 unspecified atom stereocenters. The predicted molar refractivity (Wildman–Crippen MR) is 45.2 cm³/mol. The Hall–Kier alpha value is -0.780. The molecule has 0 aromatic rings. The van der Waals surface area contributed by atoms with Crippen LogP contribution >= 0.6 is 0 Å². The Balaban J connectivity index is 3.85. The maximum atomic E-state index is 11.8. The lowest BCUT2D eigenvalue weighted by molar-refractivity contribution is -0.132. The van der Waals surface area contributed by atoms with Gasteiger partial charge in [-0.1, -0.05) is 6.92 Å². The van der Waals surface area contributed by atoms with Gasteiger partial charge in [0.05, 0.1) is 6.42 Å². The lowest BCUT2D eigenvalue weighted by Crippen LogP contribution is -2.31. The quantitative estimate of drug-likeness (QED) is 0.311. The van der Waals surface area contributed by atoms with E-state index in [2.05, 4.69) is 10.4 Å². The van der Waals surface area contributed by atoms with Gasteiger partial charge < -0.3 is 5.43 Å². The topological polar surface area (TPSA) is 50.4 Å². The van der Waals surface area contributed by atoms with Gasteiger partial charge in [-0.15, -0.1) is 0 Å². The van der Waals surface area contributed by atoms with Crippen molar-refractivity contribution < 1.29 is 13.2 Å². The first-order chi connectivity index (χ1) is 5.99. The molecule has 0 atom stereocenters. The zero-order valence-corrected chi connectivity index (χ0v) is 7.49. The molecule has 6 heteroatoms. The summed E-state index contributed by atoms with van der Waals surface area (Å²) in [5, 5.41) is 0. The molecule has 0 fully saturated rings. The van der Waals surface area contributed by atoms with Crippen molar-refractivity contribution in [1.29, 1.82) is 0 Å². The number of rotatable bonds is 4. The molecule has 0 aliphatic heterocycles. The molecule has 0 aromatic heterocycles. The molecule has 0 saturated carbocycles.